The summed E-state index contributed by atoms with van der Waals surface area (Å²) in [6.07, 6.45) is 3.36. The second-order valence-corrected chi connectivity index (χ2v) is 8.34. The number of nitrogens with zero attached hydrogens (tertiary/aromatic N) is 1. The molecule has 8 nitrogen and oxygen atoms in total. The van der Waals surface area contributed by atoms with E-state index in [0.29, 0.717) is 41.7 Å². The third kappa shape index (κ3) is 6.16. The van der Waals surface area contributed by atoms with E-state index in [4.69, 9.17) is 14.2 Å². The van der Waals surface area contributed by atoms with Crippen molar-refractivity contribution in [2.75, 3.05) is 18.6 Å². The normalized spacial score (nSPS) is 14.5. The first kappa shape index (κ1) is 25.5. The molecule has 37 heavy (non-hydrogen) atoms. The molecule has 1 fully saturated rings. The molecular weight excluding hydrogens is 472 g/mol. The number of anilines is 1. The zero-order valence-corrected chi connectivity index (χ0v) is 20.7. The molecule has 190 valence electrons. The summed E-state index contributed by atoms with van der Waals surface area (Å²) in [4.78, 5) is 39.2. The molecule has 1 heterocycles. The van der Waals surface area contributed by atoms with E-state index >= 15 is 0 Å². The van der Waals surface area contributed by atoms with Crippen LogP contribution < -0.4 is 24.4 Å². The summed E-state index contributed by atoms with van der Waals surface area (Å²) in [5.41, 5.74) is 1.69. The maximum atomic E-state index is 13.2. The van der Waals surface area contributed by atoms with Crippen LogP contribution in [0.3, 0.4) is 0 Å². The van der Waals surface area contributed by atoms with Crippen molar-refractivity contribution in [3.05, 3.63) is 89.5 Å². The summed E-state index contributed by atoms with van der Waals surface area (Å²) in [7, 11) is 1.51. The van der Waals surface area contributed by atoms with Crippen molar-refractivity contribution in [2.24, 2.45) is 0 Å². The van der Waals surface area contributed by atoms with Crippen molar-refractivity contribution < 1.29 is 28.6 Å². The molecule has 1 N–H and O–H groups in total. The number of hydrogen-bond donors (Lipinski definition) is 1. The van der Waals surface area contributed by atoms with Crippen LogP contribution in [-0.2, 0) is 16.2 Å². The van der Waals surface area contributed by atoms with Crippen LogP contribution in [0.25, 0.3) is 6.08 Å². The average molecular weight is 501 g/mol. The Kier molecular flexibility index (Phi) is 8.20. The first-order valence-electron chi connectivity index (χ1n) is 12.0. The van der Waals surface area contributed by atoms with Crippen LogP contribution in [0.2, 0.25) is 0 Å². The lowest BCUT2D eigenvalue weighted by Crippen LogP contribution is -2.54. The van der Waals surface area contributed by atoms with Crippen molar-refractivity contribution in [1.29, 1.82) is 0 Å². The van der Waals surface area contributed by atoms with Crippen LogP contribution in [0.4, 0.5) is 10.5 Å². The second-order valence-electron chi connectivity index (χ2n) is 8.34. The van der Waals surface area contributed by atoms with Gasteiger partial charge in [0.15, 0.2) is 11.5 Å². The molecule has 1 aliphatic heterocycles. The minimum Gasteiger partial charge on any atom is -0.494 e. The summed E-state index contributed by atoms with van der Waals surface area (Å²) in [5, 5.41) is 2.24. The molecule has 1 aliphatic rings. The Bertz CT molecular complexity index is 1300. The van der Waals surface area contributed by atoms with E-state index in [1.165, 1.54) is 13.2 Å². The van der Waals surface area contributed by atoms with Crippen LogP contribution in [0.5, 0.6) is 17.2 Å². The van der Waals surface area contributed by atoms with Crippen LogP contribution in [0, 0.1) is 0 Å². The molecule has 0 spiro atoms. The largest absolute Gasteiger partial charge is 0.494 e. The highest BCUT2D eigenvalue weighted by molar-refractivity contribution is 6.39. The topological polar surface area (TPSA) is 94.2 Å². The number of nitrogens with one attached hydrogen (secondary N) is 1. The summed E-state index contributed by atoms with van der Waals surface area (Å²) in [6, 6.07) is 20.6. The second kappa shape index (κ2) is 11.9. The van der Waals surface area contributed by atoms with Gasteiger partial charge in [0.1, 0.15) is 17.9 Å². The Morgan fingerprint density at radius 2 is 1.65 bits per heavy atom. The van der Waals surface area contributed by atoms with Crippen LogP contribution in [0.15, 0.2) is 78.4 Å². The number of amides is 4. The highest BCUT2D eigenvalue weighted by Gasteiger charge is 2.36. The molecule has 0 saturated carbocycles. The predicted octanol–water partition coefficient (Wildman–Crippen LogP) is 5.12. The van der Waals surface area contributed by atoms with Crippen molar-refractivity contribution in [3.8, 4) is 17.2 Å². The quantitative estimate of drug-likeness (QED) is 0.236. The highest BCUT2D eigenvalue weighted by Crippen LogP contribution is 2.31. The molecule has 3 aromatic rings. The molecule has 4 amide bonds. The first-order valence-corrected chi connectivity index (χ1v) is 12.0. The van der Waals surface area contributed by atoms with Crippen molar-refractivity contribution in [1.82, 2.24) is 5.32 Å². The van der Waals surface area contributed by atoms with Crippen LogP contribution in [-0.4, -0.2) is 31.6 Å². The summed E-state index contributed by atoms with van der Waals surface area (Å²) < 4.78 is 17.0. The minimum atomic E-state index is -0.811. The fourth-order valence-corrected chi connectivity index (χ4v) is 3.71. The van der Waals surface area contributed by atoms with Gasteiger partial charge in [0, 0.05) is 0 Å². The third-order valence-electron chi connectivity index (χ3n) is 5.70. The average Bonchev–Trinajstić information content (AvgIpc) is 2.91. The van der Waals surface area contributed by atoms with Crippen molar-refractivity contribution >= 4 is 29.6 Å². The lowest BCUT2D eigenvalue weighted by molar-refractivity contribution is -0.122. The van der Waals surface area contributed by atoms with E-state index < -0.39 is 17.8 Å². The molecule has 1 saturated heterocycles. The molecule has 3 aromatic carbocycles. The number of methoxy groups -OCH3 is 1. The Morgan fingerprint density at radius 1 is 0.892 bits per heavy atom. The molecule has 0 radical (unpaired) electrons. The van der Waals surface area contributed by atoms with Crippen LogP contribution in [0.1, 0.15) is 30.9 Å². The predicted molar refractivity (Wildman–Crippen MR) is 140 cm³/mol. The number of barbiturate groups is 1. The monoisotopic (exact) mass is 500 g/mol. The molecule has 4 rings (SSSR count). The number of urea groups is 1. The van der Waals surface area contributed by atoms with E-state index in [-0.39, 0.29) is 5.57 Å². The van der Waals surface area contributed by atoms with Gasteiger partial charge in [0.05, 0.1) is 19.4 Å². The van der Waals surface area contributed by atoms with Gasteiger partial charge in [0.2, 0.25) is 0 Å². The third-order valence-corrected chi connectivity index (χ3v) is 5.70. The summed E-state index contributed by atoms with van der Waals surface area (Å²) in [5.74, 6) is 0.105. The van der Waals surface area contributed by atoms with E-state index in [0.717, 1.165) is 23.3 Å². The number of benzene rings is 3. The van der Waals surface area contributed by atoms with Crippen LogP contribution >= 0.6 is 0 Å². The Hall–Kier alpha value is -4.59. The Balaban J connectivity index is 1.53. The molecule has 0 atom stereocenters. The van der Waals surface area contributed by atoms with Gasteiger partial charge in [-0.15, -0.1) is 0 Å². The van der Waals surface area contributed by atoms with Gasteiger partial charge in [0.25, 0.3) is 11.8 Å². The van der Waals surface area contributed by atoms with Crippen molar-refractivity contribution in [3.63, 3.8) is 0 Å². The highest BCUT2D eigenvalue weighted by atomic mass is 16.5. The lowest BCUT2D eigenvalue weighted by atomic mass is 10.1. The molecule has 8 heteroatoms. The number of imide groups is 2. The SMILES string of the molecule is CCCCOc1ccc(N2C(=O)NC(=O)/C(=C/c3ccc(OCc4ccccc4)c(OC)c3)C2=O)cc1. The summed E-state index contributed by atoms with van der Waals surface area (Å²) in [6.45, 7) is 3.02. The van der Waals surface area contributed by atoms with E-state index in [2.05, 4.69) is 12.2 Å². The van der Waals surface area contributed by atoms with Gasteiger partial charge >= 0.3 is 6.03 Å². The molecule has 0 aromatic heterocycles. The van der Waals surface area contributed by atoms with Gasteiger partial charge in [-0.2, -0.15) is 0 Å². The number of ether oxygens (including phenoxy) is 3. The van der Waals surface area contributed by atoms with E-state index in [9.17, 15) is 14.4 Å². The fraction of sp³-hybridized carbons (Fsp3) is 0.207. The maximum Gasteiger partial charge on any atom is 0.335 e. The molecule has 0 bridgehead atoms. The van der Waals surface area contributed by atoms with Gasteiger partial charge in [-0.3, -0.25) is 14.9 Å². The number of unbranched alkanes of at least 4 members (excludes halogenated alkanes) is 1. The van der Waals surface area contributed by atoms with Gasteiger partial charge < -0.3 is 14.2 Å². The lowest BCUT2D eigenvalue weighted by Gasteiger charge is -2.26. The molecule has 0 aliphatic carbocycles. The zero-order valence-electron chi connectivity index (χ0n) is 20.7. The number of hydrogen-bond acceptors (Lipinski definition) is 6. The van der Waals surface area contributed by atoms with E-state index in [1.807, 2.05) is 30.3 Å². The zero-order chi connectivity index (χ0) is 26.2. The number of rotatable bonds is 10. The smallest absolute Gasteiger partial charge is 0.335 e. The fourth-order valence-electron chi connectivity index (χ4n) is 3.71. The Morgan fingerprint density at radius 3 is 2.35 bits per heavy atom. The molecular formula is C29H28N2O6. The molecule has 0 unspecified atom stereocenters. The standard InChI is InChI=1S/C29H28N2O6/c1-3-4-16-36-23-13-11-22(12-14-23)31-28(33)24(27(32)30-29(31)34)17-21-10-15-25(26(18-21)35-2)37-19-20-8-6-5-7-9-20/h5-15,17-18H,3-4,16,19H2,1-2H3,(H,30,32,34)/b24-17-. The van der Waals surface area contributed by atoms with E-state index in [1.54, 1.807) is 42.5 Å². The summed E-state index contributed by atoms with van der Waals surface area (Å²) >= 11 is 0. The van der Waals surface area contributed by atoms with Gasteiger partial charge in [-0.05, 0) is 60.0 Å². The maximum absolute atomic E-state index is 13.2. The number of carbonyl (C=O) groups excluding carboxylic acids is 3. The minimum absolute atomic E-state index is 0.178. The number of carbonyl (C=O) groups is 3. The van der Waals surface area contributed by atoms with Gasteiger partial charge in [-0.25, -0.2) is 9.69 Å². The Labute approximate surface area is 215 Å². The van der Waals surface area contributed by atoms with Gasteiger partial charge in [-0.1, -0.05) is 49.7 Å². The van der Waals surface area contributed by atoms with Crippen molar-refractivity contribution in [2.45, 2.75) is 26.4 Å². The first-order chi connectivity index (χ1) is 18.0.